The van der Waals surface area contributed by atoms with Crippen molar-refractivity contribution in [3.8, 4) is 0 Å². The largest absolute Gasteiger partial charge is 0.357 e. The average molecular weight is 234 g/mol. The minimum atomic E-state index is -0.198. The maximum atomic E-state index is 11.3. The minimum Gasteiger partial charge on any atom is -0.357 e. The zero-order chi connectivity index (χ0) is 12.1. The number of carbonyl (C=O) groups is 1. The number of ether oxygens (including phenoxy) is 1. The molecule has 2 N–H and O–H groups in total. The SMILES string of the molecule is CCOC1NC(=O)CC1NCc1ccccc1. The van der Waals surface area contributed by atoms with Crippen LogP contribution in [-0.4, -0.2) is 24.8 Å². The summed E-state index contributed by atoms with van der Waals surface area (Å²) >= 11 is 0. The van der Waals surface area contributed by atoms with Gasteiger partial charge in [0.1, 0.15) is 6.23 Å². The lowest BCUT2D eigenvalue weighted by Crippen LogP contribution is -2.42. The van der Waals surface area contributed by atoms with Crippen molar-refractivity contribution in [3.05, 3.63) is 35.9 Å². The highest BCUT2D eigenvalue weighted by Gasteiger charge is 2.32. The Bertz CT molecular complexity index is 367. The van der Waals surface area contributed by atoms with E-state index in [0.717, 1.165) is 6.54 Å². The van der Waals surface area contributed by atoms with E-state index in [1.165, 1.54) is 5.56 Å². The van der Waals surface area contributed by atoms with E-state index < -0.39 is 0 Å². The van der Waals surface area contributed by atoms with Gasteiger partial charge in [0.15, 0.2) is 0 Å². The van der Waals surface area contributed by atoms with Crippen LogP contribution in [0.25, 0.3) is 0 Å². The summed E-state index contributed by atoms with van der Waals surface area (Å²) < 4.78 is 5.48. The smallest absolute Gasteiger partial charge is 0.223 e. The van der Waals surface area contributed by atoms with Gasteiger partial charge in [-0.25, -0.2) is 0 Å². The maximum Gasteiger partial charge on any atom is 0.223 e. The molecule has 2 rings (SSSR count). The van der Waals surface area contributed by atoms with Crippen LogP contribution < -0.4 is 10.6 Å². The summed E-state index contributed by atoms with van der Waals surface area (Å²) in [6.45, 7) is 3.29. The Balaban J connectivity index is 1.87. The van der Waals surface area contributed by atoms with Crippen molar-refractivity contribution in [2.75, 3.05) is 6.61 Å². The van der Waals surface area contributed by atoms with E-state index in [9.17, 15) is 4.79 Å². The maximum absolute atomic E-state index is 11.3. The Morgan fingerprint density at radius 1 is 1.41 bits per heavy atom. The van der Waals surface area contributed by atoms with Crippen LogP contribution >= 0.6 is 0 Å². The molecule has 1 aliphatic heterocycles. The minimum absolute atomic E-state index is 0.0500. The molecule has 1 aromatic carbocycles. The fourth-order valence-electron chi connectivity index (χ4n) is 1.99. The Labute approximate surface area is 101 Å². The molecular formula is C13H18N2O2. The molecule has 0 spiro atoms. The molecule has 0 aliphatic carbocycles. The van der Waals surface area contributed by atoms with Gasteiger partial charge in [-0.05, 0) is 12.5 Å². The van der Waals surface area contributed by atoms with E-state index in [2.05, 4.69) is 22.8 Å². The standard InChI is InChI=1S/C13H18N2O2/c1-2-17-13-11(8-12(16)15-13)14-9-10-6-4-3-5-7-10/h3-7,11,13-14H,2,8-9H2,1H3,(H,15,16). The molecule has 92 valence electrons. The quantitative estimate of drug-likeness (QED) is 0.800. The molecule has 1 heterocycles. The van der Waals surface area contributed by atoms with E-state index in [4.69, 9.17) is 4.74 Å². The Morgan fingerprint density at radius 3 is 2.88 bits per heavy atom. The van der Waals surface area contributed by atoms with Gasteiger partial charge in [-0.3, -0.25) is 4.79 Å². The molecule has 2 atom stereocenters. The van der Waals surface area contributed by atoms with E-state index >= 15 is 0 Å². The third-order valence-corrected chi connectivity index (χ3v) is 2.83. The molecule has 0 saturated carbocycles. The first-order valence-corrected chi connectivity index (χ1v) is 5.98. The van der Waals surface area contributed by atoms with Crippen molar-refractivity contribution in [2.24, 2.45) is 0 Å². The predicted molar refractivity (Wildman–Crippen MR) is 65.2 cm³/mol. The van der Waals surface area contributed by atoms with Crippen LogP contribution in [0.1, 0.15) is 18.9 Å². The van der Waals surface area contributed by atoms with E-state index in [1.54, 1.807) is 0 Å². The van der Waals surface area contributed by atoms with Crippen LogP contribution in [-0.2, 0) is 16.1 Å². The second-order valence-electron chi connectivity index (χ2n) is 4.12. The third-order valence-electron chi connectivity index (χ3n) is 2.83. The highest BCUT2D eigenvalue weighted by atomic mass is 16.5. The molecule has 4 heteroatoms. The summed E-state index contributed by atoms with van der Waals surface area (Å²) in [4.78, 5) is 11.3. The van der Waals surface area contributed by atoms with Gasteiger partial charge in [0.2, 0.25) is 5.91 Å². The van der Waals surface area contributed by atoms with Crippen molar-refractivity contribution in [1.29, 1.82) is 0 Å². The molecule has 2 unspecified atom stereocenters. The average Bonchev–Trinajstić information content (AvgIpc) is 2.69. The van der Waals surface area contributed by atoms with Crippen LogP contribution in [0.15, 0.2) is 30.3 Å². The van der Waals surface area contributed by atoms with Crippen LogP contribution in [0.2, 0.25) is 0 Å². The lowest BCUT2D eigenvalue weighted by molar-refractivity contribution is -0.120. The summed E-state index contributed by atoms with van der Waals surface area (Å²) in [6.07, 6.45) is 0.286. The fraction of sp³-hybridized carbons (Fsp3) is 0.462. The number of rotatable bonds is 5. The van der Waals surface area contributed by atoms with Gasteiger partial charge in [0.25, 0.3) is 0 Å². The first kappa shape index (κ1) is 12.1. The van der Waals surface area contributed by atoms with Crippen molar-refractivity contribution < 1.29 is 9.53 Å². The Hall–Kier alpha value is -1.39. The van der Waals surface area contributed by atoms with Crippen molar-refractivity contribution in [2.45, 2.75) is 32.2 Å². The van der Waals surface area contributed by atoms with Crippen LogP contribution in [0.5, 0.6) is 0 Å². The number of amides is 1. The molecule has 1 aliphatic rings. The van der Waals surface area contributed by atoms with Gasteiger partial charge in [0, 0.05) is 19.6 Å². The van der Waals surface area contributed by atoms with E-state index in [0.29, 0.717) is 13.0 Å². The number of nitrogens with one attached hydrogen (secondary N) is 2. The zero-order valence-corrected chi connectivity index (χ0v) is 9.98. The van der Waals surface area contributed by atoms with Gasteiger partial charge in [0.05, 0.1) is 6.04 Å². The molecule has 0 aromatic heterocycles. The van der Waals surface area contributed by atoms with Gasteiger partial charge >= 0.3 is 0 Å². The molecule has 0 radical (unpaired) electrons. The molecule has 1 saturated heterocycles. The molecular weight excluding hydrogens is 216 g/mol. The molecule has 17 heavy (non-hydrogen) atoms. The summed E-state index contributed by atoms with van der Waals surface area (Å²) in [5.41, 5.74) is 1.21. The zero-order valence-electron chi connectivity index (χ0n) is 9.98. The first-order valence-electron chi connectivity index (χ1n) is 5.98. The molecule has 1 fully saturated rings. The summed E-state index contributed by atoms with van der Waals surface area (Å²) in [5.74, 6) is 0.0500. The van der Waals surface area contributed by atoms with Crippen LogP contribution in [0.3, 0.4) is 0 Å². The lowest BCUT2D eigenvalue weighted by atomic mass is 10.2. The van der Waals surface area contributed by atoms with Crippen molar-refractivity contribution in [1.82, 2.24) is 10.6 Å². The molecule has 4 nitrogen and oxygen atoms in total. The highest BCUT2D eigenvalue weighted by Crippen LogP contribution is 2.10. The summed E-state index contributed by atoms with van der Waals surface area (Å²) in [5, 5.41) is 6.17. The summed E-state index contributed by atoms with van der Waals surface area (Å²) in [6, 6.07) is 10.2. The lowest BCUT2D eigenvalue weighted by Gasteiger charge is -2.19. The predicted octanol–water partition coefficient (Wildman–Crippen LogP) is 1.03. The molecule has 0 bridgehead atoms. The van der Waals surface area contributed by atoms with Gasteiger partial charge in [-0.15, -0.1) is 0 Å². The molecule has 1 amide bonds. The second-order valence-corrected chi connectivity index (χ2v) is 4.12. The normalized spacial score (nSPS) is 23.7. The number of hydrogen-bond donors (Lipinski definition) is 2. The summed E-state index contributed by atoms with van der Waals surface area (Å²) in [7, 11) is 0. The van der Waals surface area contributed by atoms with Crippen LogP contribution in [0, 0.1) is 0 Å². The topological polar surface area (TPSA) is 50.4 Å². The Kier molecular flexibility index (Phi) is 4.12. The van der Waals surface area contributed by atoms with Gasteiger partial charge < -0.3 is 15.4 Å². The van der Waals surface area contributed by atoms with Gasteiger partial charge in [-0.1, -0.05) is 30.3 Å². The van der Waals surface area contributed by atoms with E-state index in [-0.39, 0.29) is 18.2 Å². The monoisotopic (exact) mass is 234 g/mol. The van der Waals surface area contributed by atoms with Crippen molar-refractivity contribution >= 4 is 5.91 Å². The van der Waals surface area contributed by atoms with Gasteiger partial charge in [-0.2, -0.15) is 0 Å². The highest BCUT2D eigenvalue weighted by molar-refractivity contribution is 5.79. The molecule has 1 aromatic rings. The third kappa shape index (κ3) is 3.28. The number of benzene rings is 1. The van der Waals surface area contributed by atoms with E-state index in [1.807, 2.05) is 25.1 Å². The van der Waals surface area contributed by atoms with Crippen molar-refractivity contribution in [3.63, 3.8) is 0 Å². The number of hydrogen-bond acceptors (Lipinski definition) is 3. The first-order chi connectivity index (χ1) is 8.29. The second kappa shape index (κ2) is 5.80. The van der Waals surface area contributed by atoms with Crippen LogP contribution in [0.4, 0.5) is 0 Å². The number of carbonyl (C=O) groups excluding carboxylic acids is 1. The fourth-order valence-corrected chi connectivity index (χ4v) is 1.99. The Morgan fingerprint density at radius 2 is 2.18 bits per heavy atom.